The zero-order valence-electron chi connectivity index (χ0n) is 7.35. The highest BCUT2D eigenvalue weighted by atomic mass is 32.1. The van der Waals surface area contributed by atoms with Gasteiger partial charge in [0.25, 0.3) is 0 Å². The minimum atomic E-state index is 0.887. The Labute approximate surface area is 74.3 Å². The van der Waals surface area contributed by atoms with Crippen molar-refractivity contribution in [2.75, 3.05) is 0 Å². The minimum absolute atomic E-state index is 0.887. The lowest BCUT2D eigenvalue weighted by atomic mass is 10.1. The van der Waals surface area contributed by atoms with Gasteiger partial charge >= 0.3 is 0 Å². The van der Waals surface area contributed by atoms with E-state index in [0.29, 0.717) is 0 Å². The summed E-state index contributed by atoms with van der Waals surface area (Å²) >= 11 is 5.00. The number of hydrogen-bond acceptors (Lipinski definition) is 1. The zero-order valence-corrected chi connectivity index (χ0v) is 8.16. The first kappa shape index (κ1) is 10.3. The van der Waals surface area contributed by atoms with E-state index in [-0.39, 0.29) is 0 Å². The molecular weight excluding hydrogens is 152 g/mol. The lowest BCUT2D eigenvalue weighted by Gasteiger charge is -1.94. The van der Waals surface area contributed by atoms with Crippen LogP contribution in [-0.4, -0.2) is 4.86 Å². The maximum atomic E-state index is 5.00. The molecule has 0 N–H and O–H groups in total. The first-order chi connectivity index (χ1) is 5.07. The summed E-state index contributed by atoms with van der Waals surface area (Å²) in [7, 11) is 0. The molecule has 0 spiro atoms. The normalized spacial score (nSPS) is 10.6. The van der Waals surface area contributed by atoms with Crippen LogP contribution in [0, 0.1) is 0 Å². The SMILES string of the molecule is C=C/C(=C\C=C(C)C)C(C)=S. The predicted molar refractivity (Wildman–Crippen MR) is 56.0 cm³/mol. The molecule has 0 aliphatic heterocycles. The molecule has 0 aliphatic rings. The van der Waals surface area contributed by atoms with Gasteiger partial charge in [-0.05, 0) is 26.3 Å². The molecule has 0 fully saturated rings. The molecule has 0 aliphatic carbocycles. The van der Waals surface area contributed by atoms with Gasteiger partial charge in [-0.1, -0.05) is 42.6 Å². The predicted octanol–water partition coefficient (Wildman–Crippen LogP) is 3.45. The van der Waals surface area contributed by atoms with Crippen molar-refractivity contribution in [3.63, 3.8) is 0 Å². The molecule has 1 heteroatoms. The molecule has 0 aromatic heterocycles. The van der Waals surface area contributed by atoms with Crippen LogP contribution in [-0.2, 0) is 0 Å². The van der Waals surface area contributed by atoms with Crippen molar-refractivity contribution in [1.29, 1.82) is 0 Å². The zero-order chi connectivity index (χ0) is 8.85. The number of hydrogen-bond donors (Lipinski definition) is 0. The maximum Gasteiger partial charge on any atom is 0.0193 e. The monoisotopic (exact) mass is 166 g/mol. The highest BCUT2D eigenvalue weighted by molar-refractivity contribution is 7.80. The van der Waals surface area contributed by atoms with Crippen LogP contribution >= 0.6 is 12.2 Å². The fraction of sp³-hybridized carbons (Fsp3) is 0.300. The summed E-state index contributed by atoms with van der Waals surface area (Å²) in [5.74, 6) is 0. The van der Waals surface area contributed by atoms with Crippen molar-refractivity contribution in [3.05, 3.63) is 36.0 Å². The molecule has 0 unspecified atom stereocenters. The molecule has 0 aromatic carbocycles. The first-order valence-electron chi connectivity index (χ1n) is 3.56. The third-order valence-electron chi connectivity index (χ3n) is 1.22. The number of allylic oxidation sites excluding steroid dienone is 5. The summed E-state index contributed by atoms with van der Waals surface area (Å²) in [6, 6.07) is 0. The molecule has 0 bridgehead atoms. The van der Waals surface area contributed by atoms with E-state index in [1.807, 2.05) is 19.1 Å². The van der Waals surface area contributed by atoms with E-state index in [0.717, 1.165) is 10.4 Å². The van der Waals surface area contributed by atoms with E-state index in [4.69, 9.17) is 12.2 Å². The highest BCUT2D eigenvalue weighted by Gasteiger charge is 1.90. The average Bonchev–Trinajstić information content (AvgIpc) is 1.87. The summed E-state index contributed by atoms with van der Waals surface area (Å²) < 4.78 is 0. The fourth-order valence-electron chi connectivity index (χ4n) is 0.586. The van der Waals surface area contributed by atoms with Crippen LogP contribution in [0.3, 0.4) is 0 Å². The van der Waals surface area contributed by atoms with Crippen LogP contribution in [0.15, 0.2) is 36.0 Å². The van der Waals surface area contributed by atoms with E-state index >= 15 is 0 Å². The van der Waals surface area contributed by atoms with Crippen molar-refractivity contribution in [2.24, 2.45) is 0 Å². The first-order valence-corrected chi connectivity index (χ1v) is 3.97. The van der Waals surface area contributed by atoms with Gasteiger partial charge in [0.15, 0.2) is 0 Å². The Balaban J connectivity index is 4.50. The second-order valence-corrected chi connectivity index (χ2v) is 3.24. The molecule has 0 aromatic rings. The molecule has 0 rings (SSSR count). The Morgan fingerprint density at radius 1 is 1.18 bits per heavy atom. The molecule has 0 saturated heterocycles. The minimum Gasteiger partial charge on any atom is -0.0984 e. The van der Waals surface area contributed by atoms with E-state index in [9.17, 15) is 0 Å². The van der Waals surface area contributed by atoms with E-state index in [1.165, 1.54) is 5.57 Å². The Hall–Kier alpha value is -0.690. The highest BCUT2D eigenvalue weighted by Crippen LogP contribution is 2.01. The third kappa shape index (κ3) is 4.68. The van der Waals surface area contributed by atoms with Crippen molar-refractivity contribution < 1.29 is 0 Å². The van der Waals surface area contributed by atoms with Crippen LogP contribution in [0.5, 0.6) is 0 Å². The Morgan fingerprint density at radius 2 is 1.73 bits per heavy atom. The van der Waals surface area contributed by atoms with Crippen LogP contribution in [0.4, 0.5) is 0 Å². The van der Waals surface area contributed by atoms with Crippen LogP contribution < -0.4 is 0 Å². The molecule has 0 saturated carbocycles. The summed E-state index contributed by atoms with van der Waals surface area (Å²) in [4.78, 5) is 0.887. The van der Waals surface area contributed by atoms with Gasteiger partial charge in [0.05, 0.1) is 0 Å². The van der Waals surface area contributed by atoms with E-state index < -0.39 is 0 Å². The smallest absolute Gasteiger partial charge is 0.0193 e. The summed E-state index contributed by atoms with van der Waals surface area (Å²) in [6.07, 6.45) is 5.80. The molecule has 0 heterocycles. The molecule has 0 nitrogen and oxygen atoms in total. The van der Waals surface area contributed by atoms with Crippen molar-refractivity contribution in [2.45, 2.75) is 20.8 Å². The fourth-order valence-corrected chi connectivity index (χ4v) is 0.737. The topological polar surface area (TPSA) is 0 Å². The second kappa shape index (κ2) is 5.03. The van der Waals surface area contributed by atoms with Crippen molar-refractivity contribution >= 4 is 17.1 Å². The van der Waals surface area contributed by atoms with E-state index in [1.54, 1.807) is 6.08 Å². The Kier molecular flexibility index (Phi) is 4.71. The largest absolute Gasteiger partial charge is 0.0984 e. The van der Waals surface area contributed by atoms with Gasteiger partial charge < -0.3 is 0 Å². The maximum absolute atomic E-state index is 5.00. The number of thiocarbonyl (C=S) groups is 1. The average molecular weight is 166 g/mol. The quantitative estimate of drug-likeness (QED) is 0.351. The Morgan fingerprint density at radius 3 is 2.00 bits per heavy atom. The van der Waals surface area contributed by atoms with E-state index in [2.05, 4.69) is 20.4 Å². The van der Waals surface area contributed by atoms with Gasteiger partial charge in [0.1, 0.15) is 0 Å². The summed E-state index contributed by atoms with van der Waals surface area (Å²) in [6.45, 7) is 9.68. The number of rotatable bonds is 3. The van der Waals surface area contributed by atoms with Crippen LogP contribution in [0.1, 0.15) is 20.8 Å². The van der Waals surface area contributed by atoms with Crippen LogP contribution in [0.2, 0.25) is 0 Å². The van der Waals surface area contributed by atoms with Crippen molar-refractivity contribution in [1.82, 2.24) is 0 Å². The van der Waals surface area contributed by atoms with Gasteiger partial charge in [-0.25, -0.2) is 0 Å². The molecule has 60 valence electrons. The second-order valence-electron chi connectivity index (χ2n) is 2.63. The standard InChI is InChI=1S/C10H14S/c1-5-10(9(4)11)7-6-8(2)3/h5-7H,1H2,2-4H3/b10-7+. The molecule has 11 heavy (non-hydrogen) atoms. The third-order valence-corrected chi connectivity index (χ3v) is 1.46. The van der Waals surface area contributed by atoms with Gasteiger partial charge in [-0.2, -0.15) is 0 Å². The van der Waals surface area contributed by atoms with Gasteiger partial charge in [0.2, 0.25) is 0 Å². The Bertz CT molecular complexity index is 215. The molecule has 0 atom stereocenters. The summed E-state index contributed by atoms with van der Waals surface area (Å²) in [5, 5.41) is 0. The molecule has 0 amide bonds. The summed E-state index contributed by atoms with van der Waals surface area (Å²) in [5.41, 5.74) is 2.29. The van der Waals surface area contributed by atoms with Gasteiger partial charge in [-0.3, -0.25) is 0 Å². The van der Waals surface area contributed by atoms with Gasteiger partial charge in [0, 0.05) is 4.86 Å². The molecular formula is C10H14S. The molecule has 0 radical (unpaired) electrons. The van der Waals surface area contributed by atoms with Gasteiger partial charge in [-0.15, -0.1) is 0 Å². The lowest BCUT2D eigenvalue weighted by Crippen LogP contribution is -1.87. The van der Waals surface area contributed by atoms with Crippen LogP contribution in [0.25, 0.3) is 0 Å². The van der Waals surface area contributed by atoms with Crippen molar-refractivity contribution in [3.8, 4) is 0 Å². The lowest BCUT2D eigenvalue weighted by molar-refractivity contribution is 1.39.